The highest BCUT2D eigenvalue weighted by molar-refractivity contribution is 8.14. The van der Waals surface area contributed by atoms with Crippen LogP contribution in [0, 0.1) is 0 Å². The van der Waals surface area contributed by atoms with Crippen LogP contribution < -0.4 is 0 Å². The molecule has 0 radical (unpaired) electrons. The molecule has 0 aliphatic heterocycles. The molecule has 0 aromatic heterocycles. The van der Waals surface area contributed by atoms with Crippen molar-refractivity contribution in [2.75, 3.05) is 6.61 Å². The lowest BCUT2D eigenvalue weighted by atomic mass is 10.4. The molecule has 0 amide bonds. The Kier molecular flexibility index (Phi) is 6.40. The largest absolute Gasteiger partial charge is 0.348 e. The molecule has 74 valence electrons. The van der Waals surface area contributed by atoms with E-state index in [1.165, 1.54) is 0 Å². The summed E-state index contributed by atoms with van der Waals surface area (Å²) < 4.78 is 4.97. The summed E-state index contributed by atoms with van der Waals surface area (Å²) in [6.45, 7) is 6.63. The standard InChI is InChI=1S/C7H15Cl2OPS/c1-4-6(3)11(12,7(8)9)10-5-2/h6-7H,4-5H2,1-3H3/t6-,11-/m0/s1. The van der Waals surface area contributed by atoms with E-state index in [4.69, 9.17) is 39.5 Å². The van der Waals surface area contributed by atoms with Crippen molar-refractivity contribution in [3.05, 3.63) is 0 Å². The summed E-state index contributed by atoms with van der Waals surface area (Å²) in [5.41, 5.74) is 0.299. The van der Waals surface area contributed by atoms with Gasteiger partial charge in [0.2, 0.25) is 0 Å². The van der Waals surface area contributed by atoms with Crippen LogP contribution in [-0.4, -0.2) is 16.8 Å². The lowest BCUT2D eigenvalue weighted by molar-refractivity contribution is 0.371. The van der Waals surface area contributed by atoms with Gasteiger partial charge in [-0.3, -0.25) is 0 Å². The van der Waals surface area contributed by atoms with Gasteiger partial charge in [0, 0.05) is 12.3 Å². The number of rotatable bonds is 5. The van der Waals surface area contributed by atoms with E-state index in [9.17, 15) is 0 Å². The Morgan fingerprint density at radius 3 is 2.17 bits per heavy atom. The summed E-state index contributed by atoms with van der Waals surface area (Å²) in [7, 11) is 0. The molecule has 0 saturated heterocycles. The van der Waals surface area contributed by atoms with E-state index in [1.54, 1.807) is 0 Å². The van der Waals surface area contributed by atoms with E-state index in [1.807, 2.05) is 13.8 Å². The van der Waals surface area contributed by atoms with Crippen molar-refractivity contribution in [3.63, 3.8) is 0 Å². The van der Waals surface area contributed by atoms with Gasteiger partial charge in [-0.1, -0.05) is 48.9 Å². The first kappa shape index (κ1) is 13.2. The first-order chi connectivity index (χ1) is 5.49. The van der Waals surface area contributed by atoms with Crippen LogP contribution in [0.1, 0.15) is 27.2 Å². The Morgan fingerprint density at radius 2 is 1.92 bits per heavy atom. The van der Waals surface area contributed by atoms with Crippen LogP contribution >= 0.6 is 29.5 Å². The predicted molar refractivity (Wildman–Crippen MR) is 61.2 cm³/mol. The van der Waals surface area contributed by atoms with Crippen LogP contribution in [0.4, 0.5) is 0 Å². The molecule has 0 N–H and O–H groups in total. The Morgan fingerprint density at radius 1 is 1.42 bits per heavy atom. The van der Waals surface area contributed by atoms with Gasteiger partial charge in [-0.05, 0) is 13.3 Å². The van der Waals surface area contributed by atoms with E-state index in [0.29, 0.717) is 12.3 Å². The lowest BCUT2D eigenvalue weighted by Crippen LogP contribution is -2.10. The van der Waals surface area contributed by atoms with Crippen molar-refractivity contribution >= 4 is 41.3 Å². The number of hydrogen-bond acceptors (Lipinski definition) is 2. The quantitative estimate of drug-likeness (QED) is 0.538. The van der Waals surface area contributed by atoms with E-state index in [0.717, 1.165) is 6.42 Å². The average Bonchev–Trinajstić information content (AvgIpc) is 2.03. The molecular weight excluding hydrogens is 234 g/mol. The molecule has 2 atom stereocenters. The molecule has 0 aliphatic rings. The molecule has 0 bridgehead atoms. The van der Waals surface area contributed by atoms with Gasteiger partial charge in [0.15, 0.2) is 4.58 Å². The third kappa shape index (κ3) is 3.16. The highest BCUT2D eigenvalue weighted by Gasteiger charge is 2.30. The smallest absolute Gasteiger partial charge is 0.158 e. The SMILES string of the molecule is CCO[P@@](=S)(C(Cl)Cl)[C@@H](C)CC. The number of halogens is 2. The van der Waals surface area contributed by atoms with E-state index in [-0.39, 0.29) is 0 Å². The molecule has 12 heavy (non-hydrogen) atoms. The average molecular weight is 249 g/mol. The summed E-state index contributed by atoms with van der Waals surface area (Å²) in [6.07, 6.45) is -1.05. The Hall–Kier alpha value is 1.19. The second kappa shape index (κ2) is 5.82. The number of alkyl halides is 2. The minimum absolute atomic E-state index is 0.299. The minimum atomic E-state index is -2.02. The maximum atomic E-state index is 5.82. The fourth-order valence-electron chi connectivity index (χ4n) is 0.832. The first-order valence-corrected chi connectivity index (χ1v) is 7.74. The normalized spacial score (nSPS) is 19.2. The lowest BCUT2D eigenvalue weighted by Gasteiger charge is -2.28. The van der Waals surface area contributed by atoms with Gasteiger partial charge >= 0.3 is 0 Å². The van der Waals surface area contributed by atoms with Crippen molar-refractivity contribution < 1.29 is 4.52 Å². The summed E-state index contributed by atoms with van der Waals surface area (Å²) in [6, 6.07) is 0. The zero-order valence-corrected chi connectivity index (χ0v) is 10.8. The highest BCUT2D eigenvalue weighted by Crippen LogP contribution is 2.60. The van der Waals surface area contributed by atoms with Crippen LogP contribution in [0.15, 0.2) is 0 Å². The minimum Gasteiger partial charge on any atom is -0.348 e. The third-order valence-electron chi connectivity index (χ3n) is 1.81. The zero-order chi connectivity index (χ0) is 9.78. The topological polar surface area (TPSA) is 9.23 Å². The van der Waals surface area contributed by atoms with Crippen LogP contribution in [0.3, 0.4) is 0 Å². The van der Waals surface area contributed by atoms with E-state index < -0.39 is 10.8 Å². The second-order valence-corrected chi connectivity index (χ2v) is 8.96. The van der Waals surface area contributed by atoms with Gasteiger partial charge in [0.1, 0.15) is 6.26 Å². The van der Waals surface area contributed by atoms with Gasteiger partial charge < -0.3 is 4.52 Å². The van der Waals surface area contributed by atoms with Gasteiger partial charge in [-0.15, -0.1) is 0 Å². The van der Waals surface area contributed by atoms with Gasteiger partial charge in [0.25, 0.3) is 0 Å². The van der Waals surface area contributed by atoms with E-state index >= 15 is 0 Å². The molecule has 0 aromatic carbocycles. The molecule has 0 rings (SSSR count). The maximum Gasteiger partial charge on any atom is 0.158 e. The number of hydrogen-bond donors (Lipinski definition) is 0. The van der Waals surface area contributed by atoms with Crippen LogP contribution in [0.25, 0.3) is 0 Å². The molecule has 0 saturated carbocycles. The Labute approximate surface area is 89.9 Å². The Balaban J connectivity index is 4.50. The molecule has 0 fully saturated rings. The van der Waals surface area contributed by atoms with Gasteiger partial charge in [0.05, 0.1) is 0 Å². The molecule has 0 heterocycles. The van der Waals surface area contributed by atoms with Crippen molar-refractivity contribution in [3.8, 4) is 0 Å². The fourth-order valence-corrected chi connectivity index (χ4v) is 4.75. The molecule has 0 aliphatic carbocycles. The molecule has 0 aromatic rings. The van der Waals surface area contributed by atoms with Gasteiger partial charge in [-0.2, -0.15) is 0 Å². The van der Waals surface area contributed by atoms with Crippen molar-refractivity contribution in [1.82, 2.24) is 0 Å². The Bertz CT molecular complexity index is 175. The molecule has 5 heteroatoms. The highest BCUT2D eigenvalue weighted by atomic mass is 35.5. The molecule has 0 unspecified atom stereocenters. The van der Waals surface area contributed by atoms with Crippen LogP contribution in [-0.2, 0) is 16.3 Å². The summed E-state index contributed by atoms with van der Waals surface area (Å²) in [5.74, 6) is 0. The fraction of sp³-hybridized carbons (Fsp3) is 1.00. The van der Waals surface area contributed by atoms with Gasteiger partial charge in [-0.25, -0.2) is 0 Å². The van der Waals surface area contributed by atoms with Crippen LogP contribution in [0.5, 0.6) is 0 Å². The summed E-state index contributed by atoms with van der Waals surface area (Å²) in [5, 5.41) is 0. The molecule has 0 spiro atoms. The third-order valence-corrected chi connectivity index (χ3v) is 9.07. The second-order valence-electron chi connectivity index (χ2n) is 2.60. The van der Waals surface area contributed by atoms with Crippen LogP contribution in [0.2, 0.25) is 0 Å². The first-order valence-electron chi connectivity index (χ1n) is 4.01. The van der Waals surface area contributed by atoms with Crippen molar-refractivity contribution in [2.45, 2.75) is 37.4 Å². The molecule has 1 nitrogen and oxygen atoms in total. The molecular formula is C7H15Cl2OPS. The summed E-state index contributed by atoms with van der Waals surface area (Å²) >= 11 is 17.0. The summed E-state index contributed by atoms with van der Waals surface area (Å²) in [4.78, 5) is 0. The predicted octanol–water partition coefficient (Wildman–Crippen LogP) is 3.98. The monoisotopic (exact) mass is 248 g/mol. The van der Waals surface area contributed by atoms with Crippen molar-refractivity contribution in [1.29, 1.82) is 0 Å². The maximum absolute atomic E-state index is 5.82. The van der Waals surface area contributed by atoms with Crippen molar-refractivity contribution in [2.24, 2.45) is 0 Å². The van der Waals surface area contributed by atoms with E-state index in [2.05, 4.69) is 6.92 Å². The zero-order valence-electron chi connectivity index (χ0n) is 7.59.